The molecule has 2 N–H and O–H groups in total. The van der Waals surface area contributed by atoms with Gasteiger partial charge in [0.05, 0.1) is 10.5 Å². The van der Waals surface area contributed by atoms with Crippen LogP contribution < -0.4 is 10.6 Å². The quantitative estimate of drug-likeness (QED) is 0.318. The first kappa shape index (κ1) is 25.5. The topological polar surface area (TPSA) is 117 Å². The van der Waals surface area contributed by atoms with E-state index in [1.165, 1.54) is 17.8 Å². The van der Waals surface area contributed by atoms with Gasteiger partial charge in [0, 0.05) is 36.8 Å². The van der Waals surface area contributed by atoms with Crippen molar-refractivity contribution in [2.45, 2.75) is 32.2 Å². The predicted octanol–water partition coefficient (Wildman–Crippen LogP) is 4.65. The van der Waals surface area contributed by atoms with Crippen LogP contribution in [-0.4, -0.2) is 46.3 Å². The summed E-state index contributed by atoms with van der Waals surface area (Å²) in [6.45, 7) is 3.43. The van der Waals surface area contributed by atoms with Crippen molar-refractivity contribution < 1.29 is 14.5 Å². The van der Waals surface area contributed by atoms with Crippen molar-refractivity contribution in [3.05, 3.63) is 88.1 Å². The smallest absolute Gasteiger partial charge is 0.277 e. The third kappa shape index (κ3) is 6.41. The van der Waals surface area contributed by atoms with E-state index in [-0.39, 0.29) is 29.0 Å². The van der Waals surface area contributed by atoms with Crippen molar-refractivity contribution in [3.63, 3.8) is 0 Å². The third-order valence-electron chi connectivity index (χ3n) is 7.23. The Morgan fingerprint density at radius 1 is 1.00 bits per heavy atom. The number of benzene rings is 2. The number of aromatic nitrogens is 1. The van der Waals surface area contributed by atoms with E-state index in [1.54, 1.807) is 24.3 Å². The molecule has 9 nitrogen and oxygen atoms in total. The lowest BCUT2D eigenvalue weighted by Gasteiger charge is -2.32. The van der Waals surface area contributed by atoms with Crippen LogP contribution in [0.15, 0.2) is 66.9 Å². The summed E-state index contributed by atoms with van der Waals surface area (Å²) in [6, 6.07) is 18.2. The number of carbonyl (C=O) groups is 2. The molecule has 2 aromatic carbocycles. The lowest BCUT2D eigenvalue weighted by atomic mass is 9.96. The molecular formula is C29H31N5O4. The first-order valence-electron chi connectivity index (χ1n) is 13.1. The van der Waals surface area contributed by atoms with Gasteiger partial charge in [0.1, 0.15) is 5.82 Å². The minimum absolute atomic E-state index is 0.0226. The maximum absolute atomic E-state index is 12.9. The zero-order chi connectivity index (χ0) is 26.5. The number of rotatable bonds is 9. The first-order valence-corrected chi connectivity index (χ1v) is 13.1. The number of hydrogen-bond acceptors (Lipinski definition) is 6. The Morgan fingerprint density at radius 2 is 1.76 bits per heavy atom. The summed E-state index contributed by atoms with van der Waals surface area (Å²) in [5.74, 6) is 0.345. The highest BCUT2D eigenvalue weighted by molar-refractivity contribution is 5.96. The van der Waals surface area contributed by atoms with Gasteiger partial charge >= 0.3 is 0 Å². The highest BCUT2D eigenvalue weighted by atomic mass is 16.6. The second kappa shape index (κ2) is 11.5. The van der Waals surface area contributed by atoms with Crippen LogP contribution in [0.5, 0.6) is 0 Å². The fourth-order valence-corrected chi connectivity index (χ4v) is 4.84. The second-order valence-electron chi connectivity index (χ2n) is 10.1. The van der Waals surface area contributed by atoms with Gasteiger partial charge in [0.15, 0.2) is 0 Å². The molecule has 0 radical (unpaired) electrons. The number of hydrogen-bond donors (Lipinski definition) is 2. The van der Waals surface area contributed by atoms with Crippen LogP contribution in [-0.2, 0) is 11.3 Å². The van der Waals surface area contributed by atoms with E-state index in [9.17, 15) is 19.7 Å². The summed E-state index contributed by atoms with van der Waals surface area (Å²) in [4.78, 5) is 42.9. The van der Waals surface area contributed by atoms with Gasteiger partial charge < -0.3 is 10.6 Å². The first-order chi connectivity index (χ1) is 18.5. The second-order valence-corrected chi connectivity index (χ2v) is 10.1. The van der Waals surface area contributed by atoms with Crippen molar-refractivity contribution in [1.29, 1.82) is 0 Å². The fourth-order valence-electron chi connectivity index (χ4n) is 4.84. The van der Waals surface area contributed by atoms with Crippen LogP contribution in [0.2, 0.25) is 0 Å². The largest absolute Gasteiger partial charge is 0.352 e. The molecule has 1 aromatic heterocycles. The van der Waals surface area contributed by atoms with Crippen LogP contribution in [0.3, 0.4) is 0 Å². The molecule has 1 aliphatic carbocycles. The molecule has 9 heteroatoms. The minimum Gasteiger partial charge on any atom is -0.352 e. The molecule has 5 rings (SSSR count). The maximum Gasteiger partial charge on any atom is 0.277 e. The number of likely N-dealkylation sites (tertiary alicyclic amines) is 1. The number of pyridine rings is 1. The normalized spacial score (nSPS) is 16.1. The Morgan fingerprint density at radius 3 is 2.47 bits per heavy atom. The number of amides is 2. The van der Waals surface area contributed by atoms with Crippen LogP contribution in [0.4, 0.5) is 11.5 Å². The van der Waals surface area contributed by atoms with Gasteiger partial charge in [-0.15, -0.1) is 0 Å². The molecule has 0 unspecified atom stereocenters. The average Bonchev–Trinajstić information content (AvgIpc) is 3.79. The van der Waals surface area contributed by atoms with E-state index in [1.807, 2.05) is 6.07 Å². The molecule has 0 spiro atoms. The van der Waals surface area contributed by atoms with Crippen LogP contribution >= 0.6 is 0 Å². The van der Waals surface area contributed by atoms with Crippen molar-refractivity contribution in [3.8, 4) is 11.1 Å². The van der Waals surface area contributed by atoms with Gasteiger partial charge in [0.25, 0.3) is 11.6 Å². The van der Waals surface area contributed by atoms with Crippen molar-refractivity contribution in [2.75, 3.05) is 25.0 Å². The number of anilines is 1. The number of carbonyl (C=O) groups excluding carboxylic acids is 2. The zero-order valence-electron chi connectivity index (χ0n) is 21.1. The predicted molar refractivity (Wildman–Crippen MR) is 144 cm³/mol. The van der Waals surface area contributed by atoms with E-state index >= 15 is 0 Å². The molecule has 1 saturated heterocycles. The van der Waals surface area contributed by atoms with Gasteiger partial charge in [-0.2, -0.15) is 0 Å². The molecule has 2 fully saturated rings. The molecular weight excluding hydrogens is 482 g/mol. The third-order valence-corrected chi connectivity index (χ3v) is 7.23. The average molecular weight is 514 g/mol. The SMILES string of the molecule is O=C(NCC1CCN(Cc2ccccc2)CC1)c1ccc(-c2ccnc(NC(=O)C3CC3)c2)c([N+](=O)[O-])c1. The van der Waals surface area contributed by atoms with Crippen molar-refractivity contribution >= 4 is 23.3 Å². The van der Waals surface area contributed by atoms with E-state index < -0.39 is 4.92 Å². The number of nitrogens with zero attached hydrogens (tertiary/aromatic N) is 3. The minimum atomic E-state index is -0.489. The molecule has 2 aliphatic rings. The number of nitro groups is 1. The summed E-state index contributed by atoms with van der Waals surface area (Å²) >= 11 is 0. The molecule has 196 valence electrons. The summed E-state index contributed by atoms with van der Waals surface area (Å²) in [6.07, 6.45) is 5.23. The molecule has 0 atom stereocenters. The molecule has 0 bridgehead atoms. The van der Waals surface area contributed by atoms with Crippen molar-refractivity contribution in [2.24, 2.45) is 11.8 Å². The summed E-state index contributed by atoms with van der Waals surface area (Å²) in [5, 5.41) is 17.6. The highest BCUT2D eigenvalue weighted by Gasteiger charge is 2.30. The van der Waals surface area contributed by atoms with Gasteiger partial charge in [-0.25, -0.2) is 4.98 Å². The summed E-state index contributed by atoms with van der Waals surface area (Å²) in [7, 11) is 0. The molecule has 38 heavy (non-hydrogen) atoms. The van der Waals surface area contributed by atoms with E-state index in [4.69, 9.17) is 0 Å². The molecule has 2 amide bonds. The molecule has 1 saturated carbocycles. The van der Waals surface area contributed by atoms with Crippen LogP contribution in [0, 0.1) is 22.0 Å². The Labute approximate surface area is 221 Å². The van der Waals surface area contributed by atoms with Crippen LogP contribution in [0.25, 0.3) is 11.1 Å². The highest BCUT2D eigenvalue weighted by Crippen LogP contribution is 2.33. The lowest BCUT2D eigenvalue weighted by molar-refractivity contribution is -0.384. The standard InChI is InChI=1S/C29H31N5O4/c35-28(31-18-20-11-14-33(15-12-20)19-21-4-2-1-3-5-21)24-8-9-25(26(16-24)34(37)38)23-10-13-30-27(17-23)32-29(36)22-6-7-22/h1-5,8-10,13,16-17,20,22H,6-7,11-12,14-15,18-19H2,(H,31,35)(H,30,32,36). The van der Waals surface area contributed by atoms with E-state index in [0.717, 1.165) is 45.3 Å². The van der Waals surface area contributed by atoms with Crippen LogP contribution in [0.1, 0.15) is 41.6 Å². The zero-order valence-corrected chi connectivity index (χ0v) is 21.1. The number of nitrogens with one attached hydrogen (secondary N) is 2. The number of nitro benzene ring substituents is 1. The van der Waals surface area contributed by atoms with Crippen molar-refractivity contribution in [1.82, 2.24) is 15.2 Å². The summed E-state index contributed by atoms with van der Waals surface area (Å²) in [5.41, 5.74) is 2.29. The molecule has 1 aliphatic heterocycles. The van der Waals surface area contributed by atoms with Gasteiger partial charge in [-0.05, 0) is 80.1 Å². The van der Waals surface area contributed by atoms with E-state index in [2.05, 4.69) is 44.8 Å². The van der Waals surface area contributed by atoms with Gasteiger partial charge in [-0.1, -0.05) is 30.3 Å². The monoisotopic (exact) mass is 513 g/mol. The maximum atomic E-state index is 12.9. The Kier molecular flexibility index (Phi) is 7.74. The fraction of sp³-hybridized carbons (Fsp3) is 0.345. The Bertz CT molecular complexity index is 1320. The van der Waals surface area contributed by atoms with Gasteiger partial charge in [-0.3, -0.25) is 24.6 Å². The summed E-state index contributed by atoms with van der Waals surface area (Å²) < 4.78 is 0. The van der Waals surface area contributed by atoms with Gasteiger partial charge in [0.2, 0.25) is 5.91 Å². The molecule has 3 aromatic rings. The van der Waals surface area contributed by atoms with E-state index in [0.29, 0.717) is 29.4 Å². The molecule has 2 heterocycles. The Balaban J connectivity index is 1.19. The Hall–Kier alpha value is -4.11. The number of piperidine rings is 1. The lowest BCUT2D eigenvalue weighted by Crippen LogP contribution is -2.38.